The number of rotatable bonds is 7. The Morgan fingerprint density at radius 1 is 1.12 bits per heavy atom. The molecule has 0 unspecified atom stereocenters. The van der Waals surface area contributed by atoms with E-state index >= 15 is 0 Å². The van der Waals surface area contributed by atoms with Crippen LogP contribution in [0.4, 0.5) is 0 Å². The van der Waals surface area contributed by atoms with Crippen LogP contribution in [0.2, 0.25) is 0 Å². The van der Waals surface area contributed by atoms with Gasteiger partial charge in [0.15, 0.2) is 0 Å². The summed E-state index contributed by atoms with van der Waals surface area (Å²) in [5, 5.41) is 3.70. The predicted molar refractivity (Wildman–Crippen MR) is 102 cm³/mol. The Morgan fingerprint density at radius 3 is 2.62 bits per heavy atom. The second kappa shape index (κ2) is 8.49. The van der Waals surface area contributed by atoms with E-state index in [4.69, 9.17) is 9.47 Å². The first kappa shape index (κ1) is 17.9. The summed E-state index contributed by atoms with van der Waals surface area (Å²) in [5.74, 6) is 1.39. The van der Waals surface area contributed by atoms with Crippen LogP contribution in [0.25, 0.3) is 0 Å². The van der Waals surface area contributed by atoms with Crippen molar-refractivity contribution < 1.29 is 14.3 Å². The molecule has 0 radical (unpaired) electrons. The van der Waals surface area contributed by atoms with Gasteiger partial charge in [-0.2, -0.15) is 0 Å². The summed E-state index contributed by atoms with van der Waals surface area (Å²) in [6.45, 7) is 2.58. The second-order valence-corrected chi connectivity index (χ2v) is 6.70. The zero-order valence-electron chi connectivity index (χ0n) is 14.7. The number of benzene rings is 2. The second-order valence-electron chi connectivity index (χ2n) is 5.62. The van der Waals surface area contributed by atoms with Crippen molar-refractivity contribution in [3.63, 3.8) is 0 Å². The maximum atomic E-state index is 12.5. The van der Waals surface area contributed by atoms with Crippen molar-refractivity contribution in [3.05, 3.63) is 75.7 Å². The first-order valence-electron chi connectivity index (χ1n) is 8.21. The quantitative estimate of drug-likeness (QED) is 0.685. The minimum Gasteiger partial charge on any atom is -0.496 e. The molecule has 5 nitrogen and oxygen atoms in total. The van der Waals surface area contributed by atoms with Crippen molar-refractivity contribution in [1.29, 1.82) is 0 Å². The Balaban J connectivity index is 1.62. The molecule has 134 valence electrons. The van der Waals surface area contributed by atoms with E-state index < -0.39 is 0 Å². The number of hydrogen-bond acceptors (Lipinski definition) is 5. The highest BCUT2D eigenvalue weighted by atomic mass is 32.1. The molecule has 0 bridgehead atoms. The lowest BCUT2D eigenvalue weighted by Gasteiger charge is -2.09. The van der Waals surface area contributed by atoms with Crippen molar-refractivity contribution >= 4 is 17.2 Å². The molecule has 0 fully saturated rings. The maximum absolute atomic E-state index is 12.5. The molecule has 1 aromatic heterocycles. The van der Waals surface area contributed by atoms with E-state index in [2.05, 4.69) is 10.3 Å². The lowest BCUT2D eigenvalue weighted by atomic mass is 10.2. The number of hydrogen-bond donors (Lipinski definition) is 1. The van der Waals surface area contributed by atoms with Gasteiger partial charge in [-0.3, -0.25) is 4.79 Å². The van der Waals surface area contributed by atoms with E-state index in [0.717, 1.165) is 22.1 Å². The SMILES string of the molecule is COc1ccccc1CNC(=O)c1sc(COc2ccccc2)nc1C. The molecule has 3 aromatic rings. The summed E-state index contributed by atoms with van der Waals surface area (Å²) in [6.07, 6.45) is 0. The Kier molecular flexibility index (Phi) is 5.86. The Labute approximate surface area is 156 Å². The van der Waals surface area contributed by atoms with Crippen LogP contribution in [-0.4, -0.2) is 18.0 Å². The van der Waals surface area contributed by atoms with Crippen LogP contribution in [0.15, 0.2) is 54.6 Å². The summed E-state index contributed by atoms with van der Waals surface area (Å²) >= 11 is 1.35. The Bertz CT molecular complexity index is 878. The highest BCUT2D eigenvalue weighted by molar-refractivity contribution is 7.13. The Hall–Kier alpha value is -2.86. The molecule has 2 aromatic carbocycles. The summed E-state index contributed by atoms with van der Waals surface area (Å²) < 4.78 is 11.0. The molecular weight excluding hydrogens is 348 g/mol. The lowest BCUT2D eigenvalue weighted by Crippen LogP contribution is -2.22. The van der Waals surface area contributed by atoms with E-state index in [-0.39, 0.29) is 5.91 Å². The van der Waals surface area contributed by atoms with E-state index in [1.807, 2.05) is 61.5 Å². The zero-order chi connectivity index (χ0) is 18.4. The van der Waals surface area contributed by atoms with Crippen LogP contribution in [0.1, 0.15) is 25.9 Å². The topological polar surface area (TPSA) is 60.5 Å². The fourth-order valence-electron chi connectivity index (χ4n) is 2.49. The molecule has 0 aliphatic heterocycles. The minimum atomic E-state index is -0.142. The molecule has 1 N–H and O–H groups in total. The molecule has 0 atom stereocenters. The van der Waals surface area contributed by atoms with Gasteiger partial charge in [0.05, 0.1) is 12.8 Å². The van der Waals surface area contributed by atoms with Crippen molar-refractivity contribution in [2.45, 2.75) is 20.1 Å². The molecule has 0 saturated heterocycles. The van der Waals surface area contributed by atoms with Crippen LogP contribution in [0, 0.1) is 6.92 Å². The number of methoxy groups -OCH3 is 1. The summed E-state index contributed by atoms with van der Waals surface area (Å²) in [5.41, 5.74) is 1.64. The minimum absolute atomic E-state index is 0.142. The number of amides is 1. The Morgan fingerprint density at radius 2 is 1.85 bits per heavy atom. The van der Waals surface area contributed by atoms with Crippen molar-refractivity contribution in [2.75, 3.05) is 7.11 Å². The number of ether oxygens (including phenoxy) is 2. The summed E-state index contributed by atoms with van der Waals surface area (Å²) in [4.78, 5) is 17.6. The van der Waals surface area contributed by atoms with Crippen molar-refractivity contribution in [2.24, 2.45) is 0 Å². The van der Waals surface area contributed by atoms with Gasteiger partial charge in [0.25, 0.3) is 5.91 Å². The standard InChI is InChI=1S/C20H20N2O3S/c1-14-19(20(23)21-12-15-8-6-7-11-17(15)24-2)26-18(22-14)13-25-16-9-4-3-5-10-16/h3-11H,12-13H2,1-2H3,(H,21,23). The molecule has 1 amide bonds. The van der Waals surface area contributed by atoms with Gasteiger partial charge >= 0.3 is 0 Å². The van der Waals surface area contributed by atoms with Gasteiger partial charge < -0.3 is 14.8 Å². The van der Waals surface area contributed by atoms with Gasteiger partial charge in [0.1, 0.15) is 28.0 Å². The third-order valence-electron chi connectivity index (χ3n) is 3.78. The third-order valence-corrected chi connectivity index (χ3v) is 4.91. The average Bonchev–Trinajstić information content (AvgIpc) is 3.06. The fourth-order valence-corrected chi connectivity index (χ4v) is 3.39. The highest BCUT2D eigenvalue weighted by Gasteiger charge is 2.16. The largest absolute Gasteiger partial charge is 0.496 e. The smallest absolute Gasteiger partial charge is 0.263 e. The van der Waals surface area contributed by atoms with Gasteiger partial charge in [-0.05, 0) is 25.1 Å². The molecule has 3 rings (SSSR count). The van der Waals surface area contributed by atoms with E-state index in [1.54, 1.807) is 7.11 Å². The molecule has 0 aliphatic rings. The van der Waals surface area contributed by atoms with Gasteiger partial charge in [-0.15, -0.1) is 11.3 Å². The van der Waals surface area contributed by atoms with Crippen LogP contribution < -0.4 is 14.8 Å². The number of carbonyl (C=O) groups is 1. The number of carbonyl (C=O) groups excluding carboxylic acids is 1. The molecule has 26 heavy (non-hydrogen) atoms. The fraction of sp³-hybridized carbons (Fsp3) is 0.200. The number of nitrogens with zero attached hydrogens (tertiary/aromatic N) is 1. The van der Waals surface area contributed by atoms with E-state index in [9.17, 15) is 4.79 Å². The molecule has 0 spiro atoms. The first-order valence-corrected chi connectivity index (χ1v) is 9.03. The third kappa shape index (κ3) is 4.40. The normalized spacial score (nSPS) is 10.4. The van der Waals surface area contributed by atoms with Crippen LogP contribution in [-0.2, 0) is 13.2 Å². The number of nitrogens with one attached hydrogen (secondary N) is 1. The molecule has 6 heteroatoms. The van der Waals surface area contributed by atoms with Crippen LogP contribution in [0.3, 0.4) is 0 Å². The van der Waals surface area contributed by atoms with Crippen LogP contribution >= 0.6 is 11.3 Å². The van der Waals surface area contributed by atoms with E-state index in [0.29, 0.717) is 23.7 Å². The van der Waals surface area contributed by atoms with Crippen molar-refractivity contribution in [3.8, 4) is 11.5 Å². The number of aromatic nitrogens is 1. The zero-order valence-corrected chi connectivity index (χ0v) is 15.5. The maximum Gasteiger partial charge on any atom is 0.263 e. The number of para-hydroxylation sites is 2. The monoisotopic (exact) mass is 368 g/mol. The molecule has 0 aliphatic carbocycles. The van der Waals surface area contributed by atoms with Gasteiger partial charge in [-0.1, -0.05) is 36.4 Å². The molecule has 0 saturated carbocycles. The predicted octanol–water partition coefficient (Wildman–Crippen LogP) is 3.97. The van der Waals surface area contributed by atoms with Crippen LogP contribution in [0.5, 0.6) is 11.5 Å². The molecular formula is C20H20N2O3S. The van der Waals surface area contributed by atoms with Crippen molar-refractivity contribution in [1.82, 2.24) is 10.3 Å². The summed E-state index contributed by atoms with van der Waals surface area (Å²) in [6, 6.07) is 17.2. The van der Waals surface area contributed by atoms with E-state index in [1.165, 1.54) is 11.3 Å². The van der Waals surface area contributed by atoms with Gasteiger partial charge in [-0.25, -0.2) is 4.98 Å². The number of thiazole rings is 1. The first-order chi connectivity index (χ1) is 12.7. The summed E-state index contributed by atoms with van der Waals surface area (Å²) in [7, 11) is 1.62. The van der Waals surface area contributed by atoms with Gasteiger partial charge in [0, 0.05) is 12.1 Å². The highest BCUT2D eigenvalue weighted by Crippen LogP contribution is 2.21. The lowest BCUT2D eigenvalue weighted by molar-refractivity contribution is 0.0954. The number of aryl methyl sites for hydroxylation is 1. The van der Waals surface area contributed by atoms with Gasteiger partial charge in [0.2, 0.25) is 0 Å². The molecule has 1 heterocycles. The average molecular weight is 368 g/mol.